The zero-order valence-electron chi connectivity index (χ0n) is 10.6. The predicted molar refractivity (Wildman–Crippen MR) is 84.9 cm³/mol. The molecule has 3 heterocycles. The van der Waals surface area contributed by atoms with Gasteiger partial charge in [0.2, 0.25) is 0 Å². The molecule has 2 N–H and O–H groups in total. The molecule has 3 rings (SSSR count). The number of thiophene rings is 1. The van der Waals surface area contributed by atoms with Crippen molar-refractivity contribution in [3.8, 4) is 10.6 Å². The molecule has 0 aliphatic heterocycles. The Morgan fingerprint density at radius 3 is 2.79 bits per heavy atom. The van der Waals surface area contributed by atoms with E-state index in [1.807, 2.05) is 53.2 Å². The van der Waals surface area contributed by atoms with E-state index < -0.39 is 0 Å². The van der Waals surface area contributed by atoms with Crippen LogP contribution in [0.25, 0.3) is 16.2 Å². The quantitative estimate of drug-likeness (QED) is 0.779. The van der Waals surface area contributed by atoms with Gasteiger partial charge in [0, 0.05) is 30.1 Å². The SMILES string of the molecule is CN(C)c1ccc2nc(-c3cc(Br)cs3)c(N)n2c1. The van der Waals surface area contributed by atoms with E-state index in [2.05, 4.69) is 20.9 Å². The van der Waals surface area contributed by atoms with Gasteiger partial charge in [0.1, 0.15) is 17.2 Å². The summed E-state index contributed by atoms with van der Waals surface area (Å²) in [7, 11) is 4.01. The summed E-state index contributed by atoms with van der Waals surface area (Å²) in [5.74, 6) is 0.674. The van der Waals surface area contributed by atoms with E-state index >= 15 is 0 Å². The number of hydrogen-bond acceptors (Lipinski definition) is 4. The fourth-order valence-electron chi connectivity index (χ4n) is 1.93. The molecule has 4 nitrogen and oxygen atoms in total. The van der Waals surface area contributed by atoms with E-state index in [0.29, 0.717) is 5.82 Å². The molecule has 98 valence electrons. The Morgan fingerprint density at radius 2 is 2.16 bits per heavy atom. The first-order valence-electron chi connectivity index (χ1n) is 5.75. The molecule has 19 heavy (non-hydrogen) atoms. The number of aromatic nitrogens is 2. The lowest BCUT2D eigenvalue weighted by molar-refractivity contribution is 1.09. The summed E-state index contributed by atoms with van der Waals surface area (Å²) in [6.45, 7) is 0. The summed E-state index contributed by atoms with van der Waals surface area (Å²) in [5, 5.41) is 2.03. The molecule has 3 aromatic rings. The Morgan fingerprint density at radius 1 is 1.37 bits per heavy atom. The number of pyridine rings is 1. The number of anilines is 2. The van der Waals surface area contributed by atoms with Crippen molar-refractivity contribution in [2.24, 2.45) is 0 Å². The van der Waals surface area contributed by atoms with Crippen LogP contribution >= 0.6 is 27.3 Å². The summed E-state index contributed by atoms with van der Waals surface area (Å²) in [4.78, 5) is 7.72. The molecule has 0 amide bonds. The van der Waals surface area contributed by atoms with E-state index in [1.54, 1.807) is 11.3 Å². The van der Waals surface area contributed by atoms with E-state index in [4.69, 9.17) is 5.73 Å². The number of nitrogen functional groups attached to an aromatic ring is 1. The topological polar surface area (TPSA) is 46.6 Å². The van der Waals surface area contributed by atoms with Crippen molar-refractivity contribution in [2.75, 3.05) is 24.7 Å². The smallest absolute Gasteiger partial charge is 0.139 e. The van der Waals surface area contributed by atoms with Crippen LogP contribution in [0.1, 0.15) is 0 Å². The maximum Gasteiger partial charge on any atom is 0.139 e. The minimum Gasteiger partial charge on any atom is -0.383 e. The minimum atomic E-state index is 0.674. The summed E-state index contributed by atoms with van der Waals surface area (Å²) in [6.07, 6.45) is 2.00. The predicted octanol–water partition coefficient (Wildman–Crippen LogP) is 3.47. The molecular formula is C13H13BrN4S. The van der Waals surface area contributed by atoms with Crippen LogP contribution in [0.5, 0.6) is 0 Å². The van der Waals surface area contributed by atoms with Gasteiger partial charge in [-0.1, -0.05) is 0 Å². The standard InChI is InChI=1S/C13H13BrN4S/c1-17(2)9-3-4-11-16-12(13(15)18(11)6-9)10-5-8(14)7-19-10/h3-7H,15H2,1-2H3. The van der Waals surface area contributed by atoms with Crippen LogP contribution in [0.4, 0.5) is 11.5 Å². The molecule has 3 aromatic heterocycles. The van der Waals surface area contributed by atoms with Crippen LogP contribution in [-0.4, -0.2) is 23.5 Å². The molecule has 0 aliphatic rings. The van der Waals surface area contributed by atoms with Crippen molar-refractivity contribution < 1.29 is 0 Å². The van der Waals surface area contributed by atoms with Gasteiger partial charge in [0.05, 0.1) is 10.6 Å². The van der Waals surface area contributed by atoms with Gasteiger partial charge < -0.3 is 10.6 Å². The number of hydrogen-bond donors (Lipinski definition) is 1. The lowest BCUT2D eigenvalue weighted by atomic mass is 10.3. The Balaban J connectivity index is 2.20. The number of nitrogens with two attached hydrogens (primary N) is 1. The molecular weight excluding hydrogens is 324 g/mol. The zero-order valence-corrected chi connectivity index (χ0v) is 13.0. The molecule has 0 unspecified atom stereocenters. The summed E-state index contributed by atoms with van der Waals surface area (Å²) in [6, 6.07) is 6.06. The van der Waals surface area contributed by atoms with Gasteiger partial charge in [-0.25, -0.2) is 4.98 Å². The Kier molecular flexibility index (Phi) is 2.99. The van der Waals surface area contributed by atoms with Crippen LogP contribution in [0.3, 0.4) is 0 Å². The lowest BCUT2D eigenvalue weighted by Gasteiger charge is -2.12. The maximum absolute atomic E-state index is 6.22. The second-order valence-corrected chi connectivity index (χ2v) is 6.31. The number of rotatable bonds is 2. The van der Waals surface area contributed by atoms with Crippen molar-refractivity contribution in [2.45, 2.75) is 0 Å². The van der Waals surface area contributed by atoms with E-state index in [1.165, 1.54) is 0 Å². The van der Waals surface area contributed by atoms with Gasteiger partial charge in [0.15, 0.2) is 0 Å². The molecule has 0 saturated carbocycles. The number of halogens is 1. The Labute approximate surface area is 123 Å². The zero-order chi connectivity index (χ0) is 13.6. The molecule has 0 aliphatic carbocycles. The van der Waals surface area contributed by atoms with Crippen molar-refractivity contribution in [3.63, 3.8) is 0 Å². The third-order valence-electron chi connectivity index (χ3n) is 2.96. The molecule has 6 heteroatoms. The highest BCUT2D eigenvalue weighted by Crippen LogP contribution is 2.33. The van der Waals surface area contributed by atoms with Crippen molar-refractivity contribution in [3.05, 3.63) is 34.2 Å². The van der Waals surface area contributed by atoms with Gasteiger partial charge in [-0.2, -0.15) is 0 Å². The second kappa shape index (κ2) is 4.54. The Bertz CT molecular complexity index is 744. The third-order valence-corrected chi connectivity index (χ3v) is 4.65. The van der Waals surface area contributed by atoms with Crippen LogP contribution in [0, 0.1) is 0 Å². The highest BCUT2D eigenvalue weighted by molar-refractivity contribution is 9.10. The first kappa shape index (κ1) is 12.5. The molecule has 0 fully saturated rings. The average Bonchev–Trinajstić information content (AvgIpc) is 2.93. The van der Waals surface area contributed by atoms with Gasteiger partial charge in [-0.3, -0.25) is 4.40 Å². The Hall–Kier alpha value is -1.53. The molecule has 0 spiro atoms. The van der Waals surface area contributed by atoms with Crippen molar-refractivity contribution >= 4 is 44.4 Å². The van der Waals surface area contributed by atoms with Crippen molar-refractivity contribution in [1.82, 2.24) is 9.38 Å². The fourth-order valence-corrected chi connectivity index (χ4v) is 3.36. The van der Waals surface area contributed by atoms with Crippen LogP contribution < -0.4 is 10.6 Å². The molecule has 0 aromatic carbocycles. The number of fused-ring (bicyclic) bond motifs is 1. The highest BCUT2D eigenvalue weighted by Gasteiger charge is 2.13. The summed E-state index contributed by atoms with van der Waals surface area (Å²) in [5.41, 5.74) is 9.02. The van der Waals surface area contributed by atoms with Gasteiger partial charge in [0.25, 0.3) is 0 Å². The molecule has 0 radical (unpaired) electrons. The van der Waals surface area contributed by atoms with Crippen LogP contribution in [0.15, 0.2) is 34.2 Å². The average molecular weight is 337 g/mol. The maximum atomic E-state index is 6.22. The highest BCUT2D eigenvalue weighted by atomic mass is 79.9. The molecule has 0 saturated heterocycles. The van der Waals surface area contributed by atoms with E-state index in [0.717, 1.165) is 26.4 Å². The van der Waals surface area contributed by atoms with Crippen LogP contribution in [-0.2, 0) is 0 Å². The molecule has 0 bridgehead atoms. The number of nitrogens with zero attached hydrogens (tertiary/aromatic N) is 3. The largest absolute Gasteiger partial charge is 0.383 e. The molecule has 0 atom stereocenters. The fraction of sp³-hybridized carbons (Fsp3) is 0.154. The van der Waals surface area contributed by atoms with Crippen LogP contribution in [0.2, 0.25) is 0 Å². The summed E-state index contributed by atoms with van der Waals surface area (Å²) >= 11 is 5.09. The van der Waals surface area contributed by atoms with Gasteiger partial charge >= 0.3 is 0 Å². The third kappa shape index (κ3) is 2.11. The minimum absolute atomic E-state index is 0.674. The van der Waals surface area contributed by atoms with Gasteiger partial charge in [-0.05, 0) is 34.1 Å². The lowest BCUT2D eigenvalue weighted by Crippen LogP contribution is -2.09. The first-order chi connectivity index (χ1) is 9.06. The summed E-state index contributed by atoms with van der Waals surface area (Å²) < 4.78 is 2.98. The first-order valence-corrected chi connectivity index (χ1v) is 7.43. The van der Waals surface area contributed by atoms with Crippen molar-refractivity contribution in [1.29, 1.82) is 0 Å². The normalized spacial score (nSPS) is 11.1. The van der Waals surface area contributed by atoms with Gasteiger partial charge in [-0.15, -0.1) is 11.3 Å². The van der Waals surface area contributed by atoms with E-state index in [-0.39, 0.29) is 0 Å². The number of imidazole rings is 1. The monoisotopic (exact) mass is 336 g/mol. The van der Waals surface area contributed by atoms with E-state index in [9.17, 15) is 0 Å². The second-order valence-electron chi connectivity index (χ2n) is 4.48.